The third-order valence-corrected chi connectivity index (χ3v) is 6.24. The van der Waals surface area contributed by atoms with E-state index in [1.54, 1.807) is 50.2 Å². The highest BCUT2D eigenvalue weighted by Gasteiger charge is 2.31. The van der Waals surface area contributed by atoms with E-state index in [1.807, 2.05) is 0 Å². The maximum atomic E-state index is 13.2. The number of carbonyl (C=O) groups excluding carboxylic acids is 2. The molecule has 0 saturated heterocycles. The van der Waals surface area contributed by atoms with Crippen molar-refractivity contribution in [3.8, 4) is 11.4 Å². The smallest absolute Gasteiger partial charge is 0.406 e. The van der Waals surface area contributed by atoms with E-state index >= 15 is 0 Å². The van der Waals surface area contributed by atoms with E-state index in [4.69, 9.17) is 11.6 Å². The molecule has 3 N–H and O–H groups in total. The summed E-state index contributed by atoms with van der Waals surface area (Å²) in [4.78, 5) is 25.4. The number of anilines is 1. The van der Waals surface area contributed by atoms with Crippen LogP contribution < -0.4 is 15.4 Å². The van der Waals surface area contributed by atoms with Crippen molar-refractivity contribution in [1.29, 1.82) is 0 Å². The van der Waals surface area contributed by atoms with Gasteiger partial charge in [-0.05, 0) is 67.9 Å². The summed E-state index contributed by atoms with van der Waals surface area (Å²) in [5.74, 6) is -1.18. The topological polar surface area (TPSA) is 105 Å². The van der Waals surface area contributed by atoms with Gasteiger partial charge >= 0.3 is 6.36 Å². The van der Waals surface area contributed by atoms with Crippen LogP contribution in [0.4, 0.5) is 18.9 Å². The number of alkyl halides is 3. The van der Waals surface area contributed by atoms with Crippen molar-refractivity contribution in [3.05, 3.63) is 83.0 Å². The van der Waals surface area contributed by atoms with Crippen LogP contribution in [0.1, 0.15) is 29.8 Å². The molecular formula is C27H24ClF3N4O4. The van der Waals surface area contributed by atoms with Crippen LogP contribution in [0.2, 0.25) is 5.02 Å². The van der Waals surface area contributed by atoms with Gasteiger partial charge in [-0.15, -0.1) is 13.2 Å². The molecule has 1 heterocycles. The Bertz CT molecular complexity index is 1520. The predicted molar refractivity (Wildman–Crippen MR) is 140 cm³/mol. The third-order valence-electron chi connectivity index (χ3n) is 5.92. The number of hydrogen-bond acceptors (Lipinski definition) is 5. The van der Waals surface area contributed by atoms with Gasteiger partial charge in [-0.2, -0.15) is 5.10 Å². The van der Waals surface area contributed by atoms with Gasteiger partial charge in [-0.1, -0.05) is 23.7 Å². The molecule has 0 saturated carbocycles. The van der Waals surface area contributed by atoms with E-state index in [0.717, 1.165) is 0 Å². The number of amides is 2. The Morgan fingerprint density at radius 2 is 1.79 bits per heavy atom. The summed E-state index contributed by atoms with van der Waals surface area (Å²) in [6.07, 6.45) is -3.26. The molecule has 0 fully saturated rings. The van der Waals surface area contributed by atoms with Gasteiger partial charge in [0.1, 0.15) is 5.75 Å². The van der Waals surface area contributed by atoms with Gasteiger partial charge in [0, 0.05) is 11.9 Å². The normalized spacial score (nSPS) is 11.9. The molecule has 3 aromatic carbocycles. The molecule has 0 atom stereocenters. The molecule has 0 unspecified atom stereocenters. The van der Waals surface area contributed by atoms with Crippen molar-refractivity contribution in [1.82, 2.24) is 15.1 Å². The van der Waals surface area contributed by atoms with Crippen LogP contribution in [0, 0.1) is 5.41 Å². The highest BCUT2D eigenvalue weighted by atomic mass is 35.5. The maximum Gasteiger partial charge on any atom is 0.573 e. The molecule has 12 heteroatoms. The lowest BCUT2D eigenvalue weighted by atomic mass is 9.93. The summed E-state index contributed by atoms with van der Waals surface area (Å²) in [6, 6.07) is 15.2. The lowest BCUT2D eigenvalue weighted by Crippen LogP contribution is -2.38. The zero-order chi connectivity index (χ0) is 28.4. The molecule has 1 aromatic heterocycles. The number of fused-ring (bicyclic) bond motifs is 1. The molecule has 0 spiro atoms. The number of halogens is 4. The molecule has 8 nitrogen and oxygen atoms in total. The first-order valence-electron chi connectivity index (χ1n) is 11.7. The molecule has 4 rings (SSSR count). The maximum absolute atomic E-state index is 13.2. The summed E-state index contributed by atoms with van der Waals surface area (Å²) in [5, 5.41) is 20.1. The summed E-state index contributed by atoms with van der Waals surface area (Å²) >= 11 is 6.29. The molecular weight excluding hydrogens is 537 g/mol. The van der Waals surface area contributed by atoms with E-state index in [0.29, 0.717) is 27.8 Å². The molecule has 0 bridgehead atoms. The van der Waals surface area contributed by atoms with Crippen LogP contribution in [0.5, 0.6) is 5.75 Å². The Labute approximate surface area is 226 Å². The van der Waals surface area contributed by atoms with Crippen molar-refractivity contribution >= 4 is 40.0 Å². The van der Waals surface area contributed by atoms with Crippen LogP contribution in [0.15, 0.2) is 66.9 Å². The van der Waals surface area contributed by atoms with Gasteiger partial charge < -0.3 is 20.5 Å². The van der Waals surface area contributed by atoms with Crippen LogP contribution in [0.3, 0.4) is 0 Å². The van der Waals surface area contributed by atoms with Gasteiger partial charge in [0.2, 0.25) is 5.91 Å². The molecule has 0 aliphatic heterocycles. The minimum atomic E-state index is -4.79. The number of ether oxygens (including phenoxy) is 1. The number of rotatable bonds is 8. The second-order valence-corrected chi connectivity index (χ2v) is 9.74. The minimum absolute atomic E-state index is 0.134. The lowest BCUT2D eigenvalue weighted by Gasteiger charge is -2.20. The van der Waals surface area contributed by atoms with Gasteiger partial charge in [-0.25, -0.2) is 4.68 Å². The van der Waals surface area contributed by atoms with E-state index in [9.17, 15) is 27.9 Å². The molecule has 0 radical (unpaired) electrons. The fraction of sp³-hybridized carbons (Fsp3) is 0.222. The highest BCUT2D eigenvalue weighted by molar-refractivity contribution is 6.34. The van der Waals surface area contributed by atoms with Gasteiger partial charge in [0.25, 0.3) is 5.91 Å². The minimum Gasteiger partial charge on any atom is -0.406 e. The Morgan fingerprint density at radius 3 is 2.46 bits per heavy atom. The molecule has 4 aromatic rings. The number of benzene rings is 3. The molecule has 2 amide bonds. The first kappa shape index (κ1) is 27.9. The third kappa shape index (κ3) is 6.50. The number of carbonyl (C=O) groups is 2. The zero-order valence-corrected chi connectivity index (χ0v) is 21.6. The first-order valence-corrected chi connectivity index (χ1v) is 12.1. The van der Waals surface area contributed by atoms with Crippen LogP contribution in [-0.2, 0) is 11.3 Å². The largest absolute Gasteiger partial charge is 0.573 e. The monoisotopic (exact) mass is 560 g/mol. The van der Waals surface area contributed by atoms with Crippen LogP contribution in [0.25, 0.3) is 16.6 Å². The standard InChI is InChI=1S/C27H24ClF3N4O4/c1-26(2,15-36)25(38)32-13-16-6-11-21(28)19(12-16)24(37)34-22-4-3-5-23-20(22)14-33-35(23)17-7-9-18(10-8-17)39-27(29,30)31/h3-12,14,36H,13,15H2,1-2H3,(H,32,38)(H,34,37). The predicted octanol–water partition coefficient (Wildman–Crippen LogP) is 5.46. The van der Waals surface area contributed by atoms with Gasteiger partial charge in [-0.3, -0.25) is 9.59 Å². The molecule has 39 heavy (non-hydrogen) atoms. The summed E-state index contributed by atoms with van der Waals surface area (Å²) in [7, 11) is 0. The second-order valence-electron chi connectivity index (χ2n) is 9.33. The summed E-state index contributed by atoms with van der Waals surface area (Å²) in [5.41, 5.74) is 1.41. The number of aromatic nitrogens is 2. The van der Waals surface area contributed by atoms with Gasteiger partial charge in [0.05, 0.1) is 45.7 Å². The van der Waals surface area contributed by atoms with Crippen molar-refractivity contribution in [2.45, 2.75) is 26.8 Å². The van der Waals surface area contributed by atoms with Gasteiger partial charge in [0.15, 0.2) is 0 Å². The fourth-order valence-corrected chi connectivity index (χ4v) is 3.90. The second kappa shape index (κ2) is 11.0. The molecule has 204 valence electrons. The number of aliphatic hydroxyl groups excluding tert-OH is 1. The summed E-state index contributed by atoms with van der Waals surface area (Å²) < 4.78 is 42.8. The summed E-state index contributed by atoms with van der Waals surface area (Å²) in [6.45, 7) is 3.05. The lowest BCUT2D eigenvalue weighted by molar-refractivity contribution is -0.274. The fourth-order valence-electron chi connectivity index (χ4n) is 3.69. The average molecular weight is 561 g/mol. The Hall–Kier alpha value is -4.09. The van der Waals surface area contributed by atoms with Crippen molar-refractivity contribution in [2.24, 2.45) is 5.41 Å². The first-order chi connectivity index (χ1) is 18.4. The van der Waals surface area contributed by atoms with E-state index in [1.165, 1.54) is 35.1 Å². The van der Waals surface area contributed by atoms with Crippen molar-refractivity contribution < 1.29 is 32.6 Å². The van der Waals surface area contributed by atoms with Crippen molar-refractivity contribution in [3.63, 3.8) is 0 Å². The van der Waals surface area contributed by atoms with Crippen LogP contribution in [-0.4, -0.2) is 39.7 Å². The SMILES string of the molecule is CC(C)(CO)C(=O)NCc1ccc(Cl)c(C(=O)Nc2cccc3c2cnn3-c2ccc(OC(F)(F)F)cc2)c1. The van der Waals surface area contributed by atoms with E-state index in [2.05, 4.69) is 20.5 Å². The zero-order valence-electron chi connectivity index (χ0n) is 20.8. The Morgan fingerprint density at radius 1 is 1.08 bits per heavy atom. The number of nitrogens with zero attached hydrogens (tertiary/aromatic N) is 2. The Balaban J connectivity index is 1.54. The van der Waals surface area contributed by atoms with Crippen LogP contribution >= 0.6 is 11.6 Å². The molecule has 0 aliphatic rings. The number of aliphatic hydroxyl groups is 1. The quantitative estimate of drug-likeness (QED) is 0.265. The Kier molecular flexibility index (Phi) is 7.84. The number of hydrogen-bond donors (Lipinski definition) is 3. The van der Waals surface area contributed by atoms with E-state index in [-0.39, 0.29) is 35.4 Å². The number of nitrogens with one attached hydrogen (secondary N) is 2. The van der Waals surface area contributed by atoms with Crippen molar-refractivity contribution in [2.75, 3.05) is 11.9 Å². The molecule has 0 aliphatic carbocycles. The highest BCUT2D eigenvalue weighted by Crippen LogP contribution is 2.29. The average Bonchev–Trinajstić information content (AvgIpc) is 3.32. The van der Waals surface area contributed by atoms with E-state index < -0.39 is 17.7 Å².